The molecule has 0 heterocycles. The highest BCUT2D eigenvalue weighted by Gasteiger charge is 2.24. The molecule has 0 aromatic heterocycles. The minimum Gasteiger partial charge on any atom is -0.467 e. The average Bonchev–Trinajstić information content (AvgIpc) is 2.20. The highest BCUT2D eigenvalue weighted by Crippen LogP contribution is 2.07. The Morgan fingerprint density at radius 1 is 1.28 bits per heavy atom. The van der Waals surface area contributed by atoms with Gasteiger partial charge in [-0.2, -0.15) is 0 Å². The third-order valence-electron chi connectivity index (χ3n) is 2.04. The molecule has 0 rings (SSSR count). The van der Waals surface area contributed by atoms with E-state index >= 15 is 0 Å². The molecule has 0 aromatic rings. The number of methoxy groups -OCH3 is 1. The van der Waals surface area contributed by atoms with Crippen LogP contribution in [0.5, 0.6) is 0 Å². The van der Waals surface area contributed by atoms with Gasteiger partial charge in [0.1, 0.15) is 11.6 Å². The number of esters is 1. The van der Waals surface area contributed by atoms with Crippen molar-refractivity contribution in [3.05, 3.63) is 0 Å². The molecule has 0 saturated heterocycles. The molecule has 0 spiro atoms. The third-order valence-corrected chi connectivity index (χ3v) is 2.04. The molecule has 0 aliphatic carbocycles. The van der Waals surface area contributed by atoms with Crippen molar-refractivity contribution < 1.29 is 19.1 Å². The Kier molecular flexibility index (Phi) is 6.68. The average molecular weight is 260 g/mol. The molecular weight excluding hydrogens is 236 g/mol. The van der Waals surface area contributed by atoms with Gasteiger partial charge in [-0.25, -0.2) is 9.59 Å². The van der Waals surface area contributed by atoms with Gasteiger partial charge in [0.2, 0.25) is 0 Å². The number of ether oxygens (including phenoxy) is 2. The monoisotopic (exact) mass is 260 g/mol. The van der Waals surface area contributed by atoms with E-state index in [0.29, 0.717) is 13.0 Å². The van der Waals surface area contributed by atoms with E-state index in [9.17, 15) is 9.59 Å². The maximum Gasteiger partial charge on any atom is 0.408 e. The summed E-state index contributed by atoms with van der Waals surface area (Å²) in [5.41, 5.74) is -0.591. The van der Waals surface area contributed by atoms with Gasteiger partial charge in [-0.3, -0.25) is 0 Å². The zero-order valence-electron chi connectivity index (χ0n) is 12.1. The minimum atomic E-state index is -0.688. The molecule has 0 bridgehead atoms. The number of nitrogens with zero attached hydrogens (tertiary/aromatic N) is 1. The lowest BCUT2D eigenvalue weighted by Gasteiger charge is -2.23. The summed E-state index contributed by atoms with van der Waals surface area (Å²) in [5, 5.41) is 2.52. The smallest absolute Gasteiger partial charge is 0.408 e. The molecule has 0 saturated carbocycles. The van der Waals surface area contributed by atoms with Crippen LogP contribution in [0.1, 0.15) is 27.2 Å². The first-order chi connectivity index (χ1) is 8.15. The number of rotatable bonds is 5. The molecule has 0 aliphatic rings. The Labute approximate surface area is 109 Å². The van der Waals surface area contributed by atoms with Crippen molar-refractivity contribution in [1.82, 2.24) is 10.2 Å². The highest BCUT2D eigenvalue weighted by atomic mass is 16.6. The molecule has 1 atom stereocenters. The molecular formula is C12H24N2O4. The number of hydrogen-bond acceptors (Lipinski definition) is 5. The van der Waals surface area contributed by atoms with Crippen LogP contribution in [0.15, 0.2) is 0 Å². The van der Waals surface area contributed by atoms with Crippen molar-refractivity contribution in [3.63, 3.8) is 0 Å². The number of carbonyl (C=O) groups is 2. The molecule has 0 unspecified atom stereocenters. The summed E-state index contributed by atoms with van der Waals surface area (Å²) in [7, 11) is 5.07. The fraction of sp³-hybridized carbons (Fsp3) is 0.833. The Morgan fingerprint density at radius 2 is 1.83 bits per heavy atom. The summed E-state index contributed by atoms with van der Waals surface area (Å²) in [6.07, 6.45) is -0.143. The second-order valence-electron chi connectivity index (χ2n) is 5.31. The summed E-state index contributed by atoms with van der Waals surface area (Å²) in [4.78, 5) is 25.0. The highest BCUT2D eigenvalue weighted by molar-refractivity contribution is 5.81. The predicted octanol–water partition coefficient (Wildman–Crippen LogP) is 1.00. The van der Waals surface area contributed by atoms with Crippen LogP contribution in [0.3, 0.4) is 0 Å². The standard InChI is InChI=1S/C12H24N2O4/c1-12(2,3)18-11(16)13-9(10(15)17-6)7-8-14(4)5/h9H,7-8H2,1-6H3,(H,13,16)/t9-/m0/s1. The summed E-state index contributed by atoms with van der Waals surface area (Å²) < 4.78 is 9.75. The SMILES string of the molecule is COC(=O)[C@H](CCN(C)C)NC(=O)OC(C)(C)C. The van der Waals surface area contributed by atoms with Gasteiger partial charge in [0.05, 0.1) is 7.11 Å². The Bertz CT molecular complexity index is 284. The van der Waals surface area contributed by atoms with Crippen LogP contribution in [0.25, 0.3) is 0 Å². The van der Waals surface area contributed by atoms with Gasteiger partial charge in [-0.05, 0) is 41.3 Å². The molecule has 1 N–H and O–H groups in total. The van der Waals surface area contributed by atoms with Crippen LogP contribution in [0.4, 0.5) is 4.79 Å². The van der Waals surface area contributed by atoms with E-state index in [-0.39, 0.29) is 0 Å². The quantitative estimate of drug-likeness (QED) is 0.747. The molecule has 1 amide bonds. The third kappa shape index (κ3) is 7.89. The number of carbonyl (C=O) groups excluding carboxylic acids is 2. The first kappa shape index (κ1) is 16.7. The molecule has 0 aromatic carbocycles. The van der Waals surface area contributed by atoms with Crippen molar-refractivity contribution in [1.29, 1.82) is 0 Å². The Balaban J connectivity index is 4.40. The van der Waals surface area contributed by atoms with E-state index in [4.69, 9.17) is 4.74 Å². The lowest BCUT2D eigenvalue weighted by Crippen LogP contribution is -2.45. The summed E-state index contributed by atoms with van der Waals surface area (Å²) in [6.45, 7) is 5.95. The first-order valence-corrected chi connectivity index (χ1v) is 5.88. The van der Waals surface area contributed by atoms with Crippen molar-refractivity contribution in [2.75, 3.05) is 27.7 Å². The Morgan fingerprint density at radius 3 is 2.22 bits per heavy atom. The molecule has 0 aliphatic heterocycles. The number of hydrogen-bond donors (Lipinski definition) is 1. The second kappa shape index (κ2) is 7.20. The maximum absolute atomic E-state index is 11.6. The van der Waals surface area contributed by atoms with Crippen LogP contribution in [-0.2, 0) is 14.3 Å². The Hall–Kier alpha value is -1.30. The van der Waals surface area contributed by atoms with Gasteiger partial charge < -0.3 is 19.7 Å². The maximum atomic E-state index is 11.6. The molecule has 6 heteroatoms. The first-order valence-electron chi connectivity index (χ1n) is 5.88. The molecule has 0 fully saturated rings. The van der Waals surface area contributed by atoms with Crippen LogP contribution in [-0.4, -0.2) is 56.4 Å². The van der Waals surface area contributed by atoms with Crippen molar-refractivity contribution in [3.8, 4) is 0 Å². The van der Waals surface area contributed by atoms with E-state index in [2.05, 4.69) is 10.1 Å². The van der Waals surface area contributed by atoms with Gasteiger partial charge in [-0.1, -0.05) is 0 Å². The summed E-state index contributed by atoms with van der Waals surface area (Å²) >= 11 is 0. The van der Waals surface area contributed by atoms with Crippen LogP contribution in [0, 0.1) is 0 Å². The van der Waals surface area contributed by atoms with Crippen LogP contribution in [0.2, 0.25) is 0 Å². The number of alkyl carbamates (subject to hydrolysis) is 1. The van der Waals surface area contributed by atoms with Crippen molar-refractivity contribution >= 4 is 12.1 Å². The van der Waals surface area contributed by atoms with Gasteiger partial charge in [0.15, 0.2) is 0 Å². The zero-order chi connectivity index (χ0) is 14.3. The normalized spacial score (nSPS) is 13.1. The van der Waals surface area contributed by atoms with Gasteiger partial charge in [0, 0.05) is 6.54 Å². The summed E-state index contributed by atoms with van der Waals surface area (Å²) in [6, 6.07) is -0.688. The van der Waals surface area contributed by atoms with E-state index in [0.717, 1.165) is 0 Å². The fourth-order valence-electron chi connectivity index (χ4n) is 1.23. The topological polar surface area (TPSA) is 67.9 Å². The zero-order valence-corrected chi connectivity index (χ0v) is 12.1. The second-order valence-corrected chi connectivity index (χ2v) is 5.31. The lowest BCUT2D eigenvalue weighted by molar-refractivity contribution is -0.143. The fourth-order valence-corrected chi connectivity index (χ4v) is 1.23. The van der Waals surface area contributed by atoms with E-state index in [1.807, 2.05) is 19.0 Å². The molecule has 106 valence electrons. The number of amides is 1. The molecule has 0 radical (unpaired) electrons. The minimum absolute atomic E-state index is 0.470. The van der Waals surface area contributed by atoms with Crippen molar-refractivity contribution in [2.24, 2.45) is 0 Å². The van der Waals surface area contributed by atoms with E-state index < -0.39 is 23.7 Å². The van der Waals surface area contributed by atoms with Crippen molar-refractivity contribution in [2.45, 2.75) is 38.8 Å². The molecule has 18 heavy (non-hydrogen) atoms. The lowest BCUT2D eigenvalue weighted by atomic mass is 10.2. The van der Waals surface area contributed by atoms with E-state index in [1.54, 1.807) is 20.8 Å². The summed E-state index contributed by atoms with van der Waals surface area (Å²) in [5.74, 6) is -0.470. The van der Waals surface area contributed by atoms with Gasteiger partial charge in [-0.15, -0.1) is 0 Å². The van der Waals surface area contributed by atoms with Gasteiger partial charge in [0.25, 0.3) is 0 Å². The van der Waals surface area contributed by atoms with E-state index in [1.165, 1.54) is 7.11 Å². The number of nitrogens with one attached hydrogen (secondary N) is 1. The molecule has 6 nitrogen and oxygen atoms in total. The largest absolute Gasteiger partial charge is 0.467 e. The van der Waals surface area contributed by atoms with Gasteiger partial charge >= 0.3 is 12.1 Å². The van der Waals surface area contributed by atoms with Crippen LogP contribution >= 0.6 is 0 Å². The predicted molar refractivity (Wildman–Crippen MR) is 68.3 cm³/mol. The van der Waals surface area contributed by atoms with Crippen LogP contribution < -0.4 is 5.32 Å².